The number of benzene rings is 1. The van der Waals surface area contributed by atoms with Gasteiger partial charge in [-0.2, -0.15) is 0 Å². The van der Waals surface area contributed by atoms with Crippen molar-refractivity contribution in [3.63, 3.8) is 0 Å². The van der Waals surface area contributed by atoms with Crippen molar-refractivity contribution in [3.8, 4) is 0 Å². The molecule has 0 aromatic heterocycles. The molecule has 0 aliphatic carbocycles. The lowest BCUT2D eigenvalue weighted by Crippen LogP contribution is -2.25. The van der Waals surface area contributed by atoms with Crippen LogP contribution in [0.3, 0.4) is 0 Å². The number of hydrogen-bond acceptors (Lipinski definition) is 5. The molecule has 6 nitrogen and oxygen atoms in total. The van der Waals surface area contributed by atoms with Crippen molar-refractivity contribution < 1.29 is 17.7 Å². The maximum atomic E-state index is 13.2. The lowest BCUT2D eigenvalue weighted by atomic mass is 10.2. The number of sulfone groups is 1. The molecule has 1 N–H and O–H groups in total. The summed E-state index contributed by atoms with van der Waals surface area (Å²) in [7, 11) is -3.23. The fourth-order valence-corrected chi connectivity index (χ4v) is 2.72. The van der Waals surface area contributed by atoms with Crippen molar-refractivity contribution in [2.45, 2.75) is 13.0 Å². The molecular weight excluding hydrogens is 299 g/mol. The van der Waals surface area contributed by atoms with Crippen LogP contribution in [0.4, 0.5) is 15.8 Å². The largest absolute Gasteiger partial charge is 0.376 e. The summed E-state index contributed by atoms with van der Waals surface area (Å²) in [5, 5.41) is 13.2. The van der Waals surface area contributed by atoms with Crippen LogP contribution in [0, 0.1) is 15.9 Å². The standard InChI is InChI=1S/C10H12ClFN2O4S/c1-6(5-19(2,17)18)13-9-3-7(11)8(12)4-10(9)14(15)16/h3-4,6,13H,5H2,1-2H3. The number of anilines is 1. The summed E-state index contributed by atoms with van der Waals surface area (Å²) in [5.41, 5.74) is -0.519. The third kappa shape index (κ3) is 4.64. The van der Waals surface area contributed by atoms with Gasteiger partial charge in [-0.3, -0.25) is 10.1 Å². The van der Waals surface area contributed by atoms with Gasteiger partial charge in [0.25, 0.3) is 5.69 Å². The van der Waals surface area contributed by atoms with Gasteiger partial charge in [0.15, 0.2) is 0 Å². The van der Waals surface area contributed by atoms with Gasteiger partial charge in [-0.15, -0.1) is 0 Å². The van der Waals surface area contributed by atoms with Crippen molar-refractivity contribution in [2.24, 2.45) is 0 Å². The minimum atomic E-state index is -3.23. The van der Waals surface area contributed by atoms with Crippen LogP contribution in [0.1, 0.15) is 6.92 Å². The lowest BCUT2D eigenvalue weighted by Gasteiger charge is -2.14. The molecule has 0 spiro atoms. The maximum Gasteiger partial charge on any atom is 0.295 e. The summed E-state index contributed by atoms with van der Waals surface area (Å²) in [6, 6.07) is 1.18. The molecule has 0 saturated heterocycles. The number of nitrogens with one attached hydrogen (secondary N) is 1. The zero-order valence-electron chi connectivity index (χ0n) is 10.2. The Morgan fingerprint density at radius 3 is 2.58 bits per heavy atom. The number of nitro benzene ring substituents is 1. The van der Waals surface area contributed by atoms with Gasteiger partial charge in [-0.05, 0) is 13.0 Å². The van der Waals surface area contributed by atoms with E-state index in [0.29, 0.717) is 6.07 Å². The minimum Gasteiger partial charge on any atom is -0.376 e. The van der Waals surface area contributed by atoms with Crippen molar-refractivity contribution in [2.75, 3.05) is 17.3 Å². The zero-order chi connectivity index (χ0) is 14.8. The third-order valence-corrected chi connectivity index (χ3v) is 3.59. The van der Waals surface area contributed by atoms with Gasteiger partial charge in [-0.1, -0.05) is 11.6 Å². The van der Waals surface area contributed by atoms with Crippen LogP contribution in [0.25, 0.3) is 0 Å². The fraction of sp³-hybridized carbons (Fsp3) is 0.400. The molecule has 0 aliphatic heterocycles. The van der Waals surface area contributed by atoms with Crippen LogP contribution in [0.5, 0.6) is 0 Å². The summed E-state index contributed by atoms with van der Waals surface area (Å²) in [4.78, 5) is 10.0. The van der Waals surface area contributed by atoms with Crippen molar-refractivity contribution in [3.05, 3.63) is 33.1 Å². The summed E-state index contributed by atoms with van der Waals surface area (Å²) in [6.07, 6.45) is 1.05. The van der Waals surface area contributed by atoms with E-state index >= 15 is 0 Å². The highest BCUT2D eigenvalue weighted by atomic mass is 35.5. The highest BCUT2D eigenvalue weighted by Crippen LogP contribution is 2.30. The Bertz CT molecular complexity index is 606. The average molecular weight is 311 g/mol. The smallest absolute Gasteiger partial charge is 0.295 e. The second-order valence-electron chi connectivity index (χ2n) is 4.18. The van der Waals surface area contributed by atoms with Crippen LogP contribution < -0.4 is 5.32 Å². The molecule has 0 saturated carbocycles. The van der Waals surface area contributed by atoms with E-state index in [-0.39, 0.29) is 16.5 Å². The third-order valence-electron chi connectivity index (χ3n) is 2.19. The molecule has 1 atom stereocenters. The van der Waals surface area contributed by atoms with E-state index in [1.165, 1.54) is 0 Å². The van der Waals surface area contributed by atoms with E-state index in [1.807, 2.05) is 0 Å². The van der Waals surface area contributed by atoms with Crippen LogP contribution >= 0.6 is 11.6 Å². The summed E-state index contributed by atoms with van der Waals surface area (Å²) < 4.78 is 35.4. The molecule has 1 rings (SSSR count). The molecule has 1 aromatic rings. The Morgan fingerprint density at radius 1 is 1.53 bits per heavy atom. The van der Waals surface area contributed by atoms with Gasteiger partial charge in [0.1, 0.15) is 21.3 Å². The van der Waals surface area contributed by atoms with Gasteiger partial charge >= 0.3 is 0 Å². The molecule has 19 heavy (non-hydrogen) atoms. The monoisotopic (exact) mass is 310 g/mol. The fourth-order valence-electron chi connectivity index (χ4n) is 1.56. The van der Waals surface area contributed by atoms with E-state index < -0.39 is 32.3 Å². The second-order valence-corrected chi connectivity index (χ2v) is 6.77. The van der Waals surface area contributed by atoms with Crippen molar-refractivity contribution in [1.29, 1.82) is 0 Å². The van der Waals surface area contributed by atoms with Gasteiger partial charge < -0.3 is 5.32 Å². The number of hydrogen-bond donors (Lipinski definition) is 1. The summed E-state index contributed by atoms with van der Waals surface area (Å²) >= 11 is 5.55. The molecule has 0 fully saturated rings. The summed E-state index contributed by atoms with van der Waals surface area (Å²) in [5.74, 6) is -1.12. The highest BCUT2D eigenvalue weighted by molar-refractivity contribution is 7.90. The van der Waals surface area contributed by atoms with Gasteiger partial charge in [0, 0.05) is 12.3 Å². The average Bonchev–Trinajstić information content (AvgIpc) is 2.19. The number of nitro groups is 1. The van der Waals surface area contributed by atoms with E-state index in [2.05, 4.69) is 5.32 Å². The molecule has 0 bridgehead atoms. The number of rotatable bonds is 5. The van der Waals surface area contributed by atoms with Crippen LogP contribution in [-0.4, -0.2) is 31.4 Å². The quantitative estimate of drug-likeness (QED) is 0.665. The first kappa shape index (κ1) is 15.6. The van der Waals surface area contributed by atoms with E-state index in [1.54, 1.807) is 6.92 Å². The number of nitrogens with zero attached hydrogens (tertiary/aromatic N) is 1. The Kier molecular flexibility index (Phi) is 4.70. The first-order valence-electron chi connectivity index (χ1n) is 5.18. The highest BCUT2D eigenvalue weighted by Gasteiger charge is 2.20. The Balaban J connectivity index is 3.06. The Labute approximate surface area is 114 Å². The van der Waals surface area contributed by atoms with Gasteiger partial charge in [0.05, 0.1) is 21.8 Å². The first-order valence-corrected chi connectivity index (χ1v) is 7.61. The minimum absolute atomic E-state index is 0.0208. The predicted octanol–water partition coefficient (Wildman–Crippen LogP) is 2.23. The molecule has 0 aliphatic rings. The molecular formula is C10H12ClFN2O4S. The van der Waals surface area contributed by atoms with Gasteiger partial charge in [-0.25, -0.2) is 12.8 Å². The molecule has 0 amide bonds. The van der Waals surface area contributed by atoms with Crippen LogP contribution in [0.2, 0.25) is 5.02 Å². The molecule has 106 valence electrons. The molecule has 1 unspecified atom stereocenters. The SMILES string of the molecule is CC(CS(C)(=O)=O)Nc1cc(Cl)c(F)cc1[N+](=O)[O-]. The van der Waals surface area contributed by atoms with Crippen molar-refractivity contribution >= 4 is 32.8 Å². The van der Waals surface area contributed by atoms with Crippen LogP contribution in [0.15, 0.2) is 12.1 Å². The predicted molar refractivity (Wildman–Crippen MR) is 70.9 cm³/mol. The van der Waals surface area contributed by atoms with E-state index in [0.717, 1.165) is 12.3 Å². The maximum absolute atomic E-state index is 13.2. The zero-order valence-corrected chi connectivity index (χ0v) is 11.8. The molecule has 0 radical (unpaired) electrons. The molecule has 0 heterocycles. The number of halogens is 2. The van der Waals surface area contributed by atoms with E-state index in [4.69, 9.17) is 11.6 Å². The summed E-state index contributed by atoms with van der Waals surface area (Å²) in [6.45, 7) is 1.54. The van der Waals surface area contributed by atoms with Gasteiger partial charge in [0.2, 0.25) is 0 Å². The Hall–Kier alpha value is -1.41. The lowest BCUT2D eigenvalue weighted by molar-refractivity contribution is -0.384. The molecule has 9 heteroatoms. The topological polar surface area (TPSA) is 89.3 Å². The first-order chi connectivity index (χ1) is 8.60. The normalized spacial score (nSPS) is 13.1. The second kappa shape index (κ2) is 5.70. The van der Waals surface area contributed by atoms with Crippen molar-refractivity contribution in [1.82, 2.24) is 0 Å². The Morgan fingerprint density at radius 2 is 2.11 bits per heavy atom. The van der Waals surface area contributed by atoms with Crippen LogP contribution in [-0.2, 0) is 9.84 Å². The van der Waals surface area contributed by atoms with E-state index in [9.17, 15) is 22.9 Å². The molecule has 1 aromatic carbocycles.